The van der Waals surface area contributed by atoms with Crippen molar-refractivity contribution in [3.63, 3.8) is 0 Å². The van der Waals surface area contributed by atoms with Crippen molar-refractivity contribution < 1.29 is 18.7 Å². The molecule has 3 N–H and O–H groups in total. The Hall–Kier alpha value is -2.95. The third kappa shape index (κ3) is 5.78. The van der Waals surface area contributed by atoms with Crippen LogP contribution in [0.1, 0.15) is 59.8 Å². The molecule has 0 radical (unpaired) electrons. The number of nitrogens with two attached hydrogens (primary N) is 1. The first-order chi connectivity index (χ1) is 13.8. The minimum Gasteiger partial charge on any atom is -0.496 e. The standard InChI is InChI=1S/C22H24FN3O3.ClH/c1-4-17(26-13(2)10-19(25)27)16-8-9-18(29-3)20(21(16)23)22(28)15-7-5-6-14(11-15)12-24;/h5-9,11,13,17,26H,4,10H2,1-3H3,(H2,25,27);1H/t13-,17-;/m1./s1. The first-order valence-corrected chi connectivity index (χ1v) is 9.27. The molecule has 1 amide bonds. The summed E-state index contributed by atoms with van der Waals surface area (Å²) in [7, 11) is 1.36. The number of benzene rings is 2. The average Bonchev–Trinajstić information content (AvgIpc) is 2.71. The molecule has 2 rings (SSSR count). The number of nitriles is 1. The van der Waals surface area contributed by atoms with Crippen molar-refractivity contribution >= 4 is 24.1 Å². The smallest absolute Gasteiger partial charge is 0.218 e. The number of hydrogen-bond donors (Lipinski definition) is 2. The van der Waals surface area contributed by atoms with E-state index in [9.17, 15) is 9.59 Å². The summed E-state index contributed by atoms with van der Waals surface area (Å²) in [6.45, 7) is 3.66. The highest BCUT2D eigenvalue weighted by Crippen LogP contribution is 2.31. The largest absolute Gasteiger partial charge is 0.496 e. The van der Waals surface area contributed by atoms with E-state index in [4.69, 9.17) is 15.7 Å². The molecule has 8 heteroatoms. The van der Waals surface area contributed by atoms with Gasteiger partial charge in [0.1, 0.15) is 17.1 Å². The molecular formula is C22H25ClFN3O3. The van der Waals surface area contributed by atoms with Gasteiger partial charge in [-0.2, -0.15) is 5.26 Å². The molecule has 0 spiro atoms. The molecule has 2 aromatic carbocycles. The Kier molecular flexibility index (Phi) is 9.44. The summed E-state index contributed by atoms with van der Waals surface area (Å²) in [6.07, 6.45) is 0.644. The number of amides is 1. The van der Waals surface area contributed by atoms with Crippen molar-refractivity contribution in [1.29, 1.82) is 5.26 Å². The number of halogens is 2. The lowest BCUT2D eigenvalue weighted by Gasteiger charge is -2.24. The third-order valence-electron chi connectivity index (χ3n) is 4.61. The zero-order valence-electron chi connectivity index (χ0n) is 17.1. The predicted molar refractivity (Wildman–Crippen MR) is 114 cm³/mol. The number of nitrogens with one attached hydrogen (secondary N) is 1. The molecule has 2 aromatic rings. The van der Waals surface area contributed by atoms with Crippen LogP contribution in [0.3, 0.4) is 0 Å². The van der Waals surface area contributed by atoms with Gasteiger partial charge in [0.05, 0.1) is 18.7 Å². The van der Waals surface area contributed by atoms with Crippen LogP contribution in [0, 0.1) is 17.1 Å². The van der Waals surface area contributed by atoms with Crippen LogP contribution in [-0.2, 0) is 4.79 Å². The Morgan fingerprint density at radius 3 is 2.57 bits per heavy atom. The number of carbonyl (C=O) groups is 2. The third-order valence-corrected chi connectivity index (χ3v) is 4.61. The van der Waals surface area contributed by atoms with Gasteiger partial charge in [-0.3, -0.25) is 9.59 Å². The molecule has 0 aromatic heterocycles. The van der Waals surface area contributed by atoms with Gasteiger partial charge in [-0.1, -0.05) is 25.1 Å². The van der Waals surface area contributed by atoms with Crippen molar-refractivity contribution in [3.05, 3.63) is 64.5 Å². The normalized spacial score (nSPS) is 12.2. The Balaban J connectivity index is 0.00000450. The SMILES string of the molecule is CC[C@@H](N[C@H](C)CC(N)=O)c1ccc(OC)c(C(=O)c2cccc(C#N)c2)c1F.Cl. The summed E-state index contributed by atoms with van der Waals surface area (Å²) in [6, 6.07) is 10.5. The maximum Gasteiger partial charge on any atom is 0.218 e. The Morgan fingerprint density at radius 1 is 1.30 bits per heavy atom. The van der Waals surface area contributed by atoms with Crippen LogP contribution in [-0.4, -0.2) is 24.8 Å². The summed E-state index contributed by atoms with van der Waals surface area (Å²) in [5.74, 6) is -1.61. The van der Waals surface area contributed by atoms with Crippen molar-refractivity contribution in [2.75, 3.05) is 7.11 Å². The van der Waals surface area contributed by atoms with Crippen LogP contribution in [0.2, 0.25) is 0 Å². The summed E-state index contributed by atoms with van der Waals surface area (Å²) in [5.41, 5.74) is 5.84. The van der Waals surface area contributed by atoms with Gasteiger partial charge in [-0.25, -0.2) is 4.39 Å². The van der Waals surface area contributed by atoms with E-state index in [0.717, 1.165) is 0 Å². The quantitative estimate of drug-likeness (QED) is 0.587. The minimum atomic E-state index is -0.692. The summed E-state index contributed by atoms with van der Waals surface area (Å²) < 4.78 is 20.7. The van der Waals surface area contributed by atoms with Crippen LogP contribution >= 0.6 is 12.4 Å². The number of ether oxygens (including phenoxy) is 1. The minimum absolute atomic E-state index is 0. The average molecular weight is 434 g/mol. The number of primary amides is 1. The van der Waals surface area contributed by atoms with E-state index in [0.29, 0.717) is 17.5 Å². The maximum absolute atomic E-state index is 15.5. The molecule has 0 bridgehead atoms. The van der Waals surface area contributed by atoms with Crippen LogP contribution in [0.25, 0.3) is 0 Å². The lowest BCUT2D eigenvalue weighted by Crippen LogP contribution is -2.34. The van der Waals surface area contributed by atoms with E-state index in [1.165, 1.54) is 19.2 Å². The van der Waals surface area contributed by atoms with Crippen molar-refractivity contribution in [3.8, 4) is 11.8 Å². The lowest BCUT2D eigenvalue weighted by atomic mass is 9.94. The highest BCUT2D eigenvalue weighted by Gasteiger charge is 2.26. The fourth-order valence-electron chi connectivity index (χ4n) is 3.23. The maximum atomic E-state index is 15.5. The zero-order chi connectivity index (χ0) is 21.6. The zero-order valence-corrected chi connectivity index (χ0v) is 17.9. The van der Waals surface area contributed by atoms with Gasteiger partial charge in [0.25, 0.3) is 0 Å². The molecule has 30 heavy (non-hydrogen) atoms. The van der Waals surface area contributed by atoms with Gasteiger partial charge in [0.2, 0.25) is 5.91 Å². The topological polar surface area (TPSA) is 105 Å². The number of nitrogens with zero attached hydrogens (tertiary/aromatic N) is 1. The van der Waals surface area contributed by atoms with E-state index < -0.39 is 23.5 Å². The fraction of sp³-hybridized carbons (Fsp3) is 0.318. The van der Waals surface area contributed by atoms with Gasteiger partial charge in [0, 0.05) is 29.6 Å². The molecule has 0 unspecified atom stereocenters. The van der Waals surface area contributed by atoms with E-state index >= 15 is 4.39 Å². The van der Waals surface area contributed by atoms with Crippen molar-refractivity contribution in [2.45, 2.75) is 38.8 Å². The highest BCUT2D eigenvalue weighted by atomic mass is 35.5. The number of methoxy groups -OCH3 is 1. The second kappa shape index (κ2) is 11.3. The Bertz CT molecular complexity index is 959. The Morgan fingerprint density at radius 2 is 2.00 bits per heavy atom. The molecule has 160 valence electrons. The van der Waals surface area contributed by atoms with E-state index in [1.54, 1.807) is 31.2 Å². The van der Waals surface area contributed by atoms with Gasteiger partial charge in [0.15, 0.2) is 5.78 Å². The number of carbonyl (C=O) groups excluding carboxylic acids is 2. The highest BCUT2D eigenvalue weighted by molar-refractivity contribution is 6.11. The van der Waals surface area contributed by atoms with E-state index in [1.807, 2.05) is 13.0 Å². The number of hydrogen-bond acceptors (Lipinski definition) is 5. The number of ketones is 1. The first kappa shape index (κ1) is 25.1. The van der Waals surface area contributed by atoms with Gasteiger partial charge >= 0.3 is 0 Å². The summed E-state index contributed by atoms with van der Waals surface area (Å²) in [4.78, 5) is 24.2. The summed E-state index contributed by atoms with van der Waals surface area (Å²) >= 11 is 0. The second-order valence-electron chi connectivity index (χ2n) is 6.77. The lowest BCUT2D eigenvalue weighted by molar-refractivity contribution is -0.118. The van der Waals surface area contributed by atoms with Crippen LogP contribution in [0.5, 0.6) is 5.75 Å². The first-order valence-electron chi connectivity index (χ1n) is 9.27. The molecule has 0 heterocycles. The monoisotopic (exact) mass is 433 g/mol. The second-order valence-corrected chi connectivity index (χ2v) is 6.77. The van der Waals surface area contributed by atoms with E-state index in [2.05, 4.69) is 5.32 Å². The van der Waals surface area contributed by atoms with Crippen molar-refractivity contribution in [2.24, 2.45) is 5.73 Å². The molecule has 0 saturated heterocycles. The molecule has 0 aliphatic carbocycles. The fourth-order valence-corrected chi connectivity index (χ4v) is 3.23. The molecule has 0 fully saturated rings. The summed E-state index contributed by atoms with van der Waals surface area (Å²) in [5, 5.41) is 12.2. The Labute approximate surface area is 181 Å². The van der Waals surface area contributed by atoms with Crippen LogP contribution in [0.4, 0.5) is 4.39 Å². The van der Waals surface area contributed by atoms with Crippen molar-refractivity contribution in [1.82, 2.24) is 5.32 Å². The predicted octanol–water partition coefficient (Wildman–Crippen LogP) is 3.66. The number of rotatable bonds is 9. The van der Waals surface area contributed by atoms with Gasteiger partial charge in [-0.15, -0.1) is 12.4 Å². The molecule has 0 saturated carbocycles. The van der Waals surface area contributed by atoms with E-state index in [-0.39, 0.29) is 41.7 Å². The molecule has 0 aliphatic rings. The van der Waals surface area contributed by atoms with Gasteiger partial charge in [-0.05, 0) is 31.5 Å². The van der Waals surface area contributed by atoms with Gasteiger partial charge < -0.3 is 15.8 Å². The molecular weight excluding hydrogens is 409 g/mol. The molecule has 2 atom stereocenters. The van der Waals surface area contributed by atoms with Crippen LogP contribution in [0.15, 0.2) is 36.4 Å². The van der Waals surface area contributed by atoms with Crippen LogP contribution < -0.4 is 15.8 Å². The molecule has 6 nitrogen and oxygen atoms in total. The molecule has 0 aliphatic heterocycles.